The van der Waals surface area contributed by atoms with Crippen molar-refractivity contribution in [2.24, 2.45) is 5.92 Å². The summed E-state index contributed by atoms with van der Waals surface area (Å²) in [5.41, 5.74) is 2.45. The molecule has 1 N–H and O–H groups in total. The lowest BCUT2D eigenvalue weighted by Gasteiger charge is -2.13. The number of thioether (sulfide) groups is 1. The number of aromatic nitrogens is 5. The molecule has 9 heteroatoms. The van der Waals surface area contributed by atoms with Gasteiger partial charge in [-0.1, -0.05) is 43.8 Å². The molecule has 7 nitrogen and oxygen atoms in total. The Labute approximate surface area is 180 Å². The number of halogens is 1. The highest BCUT2D eigenvalue weighted by molar-refractivity contribution is 7.98. The molecule has 0 spiro atoms. The largest absolute Gasteiger partial charge is 0.347 e. The number of nitrogens with one attached hydrogen (secondary N) is 1. The summed E-state index contributed by atoms with van der Waals surface area (Å²) in [5, 5.41) is 16.5. The van der Waals surface area contributed by atoms with Crippen LogP contribution in [-0.2, 0) is 30.2 Å². The first-order valence-corrected chi connectivity index (χ1v) is 10.9. The molecule has 3 rings (SSSR count). The van der Waals surface area contributed by atoms with E-state index in [0.717, 1.165) is 23.1 Å². The third-order valence-electron chi connectivity index (χ3n) is 4.50. The molecule has 0 radical (unpaired) electrons. The molecule has 3 aromatic rings. The quantitative estimate of drug-likeness (QED) is 0.526. The van der Waals surface area contributed by atoms with Crippen molar-refractivity contribution in [2.45, 2.75) is 58.2 Å². The van der Waals surface area contributed by atoms with Gasteiger partial charge in [-0.05, 0) is 37.5 Å². The number of hydrogen-bond donors (Lipinski definition) is 1. The van der Waals surface area contributed by atoms with Crippen LogP contribution in [0.15, 0.2) is 35.5 Å². The molecule has 2 heterocycles. The zero-order valence-electron chi connectivity index (χ0n) is 17.7. The summed E-state index contributed by atoms with van der Waals surface area (Å²) in [4.78, 5) is 12.4. The van der Waals surface area contributed by atoms with E-state index in [1.807, 2.05) is 30.5 Å². The van der Waals surface area contributed by atoms with Crippen molar-refractivity contribution >= 4 is 17.7 Å². The second kappa shape index (κ2) is 9.88. The van der Waals surface area contributed by atoms with Gasteiger partial charge in [0.05, 0.1) is 12.2 Å². The molecular weight excluding hydrogens is 403 g/mol. The molecule has 1 aromatic carbocycles. The van der Waals surface area contributed by atoms with Crippen molar-refractivity contribution in [2.75, 3.05) is 0 Å². The van der Waals surface area contributed by atoms with E-state index in [4.69, 9.17) is 0 Å². The molecule has 0 aliphatic rings. The van der Waals surface area contributed by atoms with Crippen LogP contribution < -0.4 is 5.32 Å². The zero-order valence-corrected chi connectivity index (χ0v) is 18.5. The molecule has 0 bridgehead atoms. The van der Waals surface area contributed by atoms with Crippen LogP contribution in [0.5, 0.6) is 0 Å². The summed E-state index contributed by atoms with van der Waals surface area (Å²) >= 11 is 1.44. The van der Waals surface area contributed by atoms with Gasteiger partial charge in [-0.2, -0.15) is 5.10 Å². The third kappa shape index (κ3) is 5.69. The molecular formula is C21H27FN6OS. The minimum Gasteiger partial charge on any atom is -0.347 e. The highest BCUT2D eigenvalue weighted by atomic mass is 32.2. The van der Waals surface area contributed by atoms with Crippen LogP contribution in [0.4, 0.5) is 4.39 Å². The van der Waals surface area contributed by atoms with Gasteiger partial charge in [0.25, 0.3) is 0 Å². The van der Waals surface area contributed by atoms with Crippen molar-refractivity contribution < 1.29 is 9.18 Å². The average Bonchev–Trinajstić information content (AvgIpc) is 3.21. The van der Waals surface area contributed by atoms with E-state index in [-0.39, 0.29) is 24.8 Å². The maximum absolute atomic E-state index is 13.9. The Morgan fingerprint density at radius 1 is 1.23 bits per heavy atom. The van der Waals surface area contributed by atoms with Crippen molar-refractivity contribution in [1.82, 2.24) is 29.9 Å². The molecule has 160 valence electrons. The Morgan fingerprint density at radius 2 is 2.00 bits per heavy atom. The lowest BCUT2D eigenvalue weighted by atomic mass is 10.2. The topological polar surface area (TPSA) is 77.6 Å². The van der Waals surface area contributed by atoms with Crippen molar-refractivity contribution in [3.8, 4) is 0 Å². The van der Waals surface area contributed by atoms with Crippen LogP contribution in [0.3, 0.4) is 0 Å². The van der Waals surface area contributed by atoms with Gasteiger partial charge in [-0.25, -0.2) is 4.39 Å². The fraction of sp³-hybridized carbons (Fsp3) is 0.429. The van der Waals surface area contributed by atoms with Gasteiger partial charge in [0, 0.05) is 18.0 Å². The highest BCUT2D eigenvalue weighted by Gasteiger charge is 2.16. The third-order valence-corrected chi connectivity index (χ3v) is 5.51. The summed E-state index contributed by atoms with van der Waals surface area (Å²) in [6.45, 7) is 9.19. The smallest absolute Gasteiger partial charge is 0.242 e. The highest BCUT2D eigenvalue weighted by Crippen LogP contribution is 2.24. The average molecular weight is 431 g/mol. The summed E-state index contributed by atoms with van der Waals surface area (Å²) in [7, 11) is 0. The number of rotatable bonds is 9. The summed E-state index contributed by atoms with van der Waals surface area (Å²) < 4.78 is 17.6. The van der Waals surface area contributed by atoms with Crippen molar-refractivity contribution in [3.05, 3.63) is 58.9 Å². The van der Waals surface area contributed by atoms with Gasteiger partial charge in [0.1, 0.15) is 12.4 Å². The molecule has 0 saturated carbocycles. The Bertz CT molecular complexity index is 1010. The minimum absolute atomic E-state index is 0.138. The molecule has 0 aliphatic heterocycles. The summed E-state index contributed by atoms with van der Waals surface area (Å²) in [6.07, 6.45) is 0. The lowest BCUT2D eigenvalue weighted by molar-refractivity contribution is -0.122. The van der Waals surface area contributed by atoms with Crippen LogP contribution >= 0.6 is 11.8 Å². The number of nitrogens with zero attached hydrogens (tertiary/aromatic N) is 5. The number of benzene rings is 1. The van der Waals surface area contributed by atoms with E-state index in [1.165, 1.54) is 17.8 Å². The molecule has 0 atom stereocenters. The standard InChI is InChI=1S/C21H27FN6OS/c1-14(2)11-27-19(10-23-20(29)12-28-16(4)9-15(3)26-28)24-25-21(27)30-13-17-7-5-6-8-18(17)22/h5-9,14H,10-13H2,1-4H3,(H,23,29). The molecule has 0 unspecified atom stereocenters. The Hall–Kier alpha value is -2.68. The fourth-order valence-corrected chi connectivity index (χ4v) is 4.02. The first-order valence-electron chi connectivity index (χ1n) is 9.89. The normalized spacial score (nSPS) is 11.3. The van der Waals surface area contributed by atoms with Gasteiger partial charge in [0.15, 0.2) is 11.0 Å². The molecule has 0 fully saturated rings. The second-order valence-corrected chi connectivity index (χ2v) is 8.59. The van der Waals surface area contributed by atoms with E-state index in [9.17, 15) is 9.18 Å². The van der Waals surface area contributed by atoms with E-state index in [0.29, 0.717) is 23.1 Å². The van der Waals surface area contributed by atoms with Crippen LogP contribution in [0, 0.1) is 25.6 Å². The summed E-state index contributed by atoms with van der Waals surface area (Å²) in [6, 6.07) is 8.66. The van der Waals surface area contributed by atoms with Gasteiger partial charge >= 0.3 is 0 Å². The Morgan fingerprint density at radius 3 is 2.67 bits per heavy atom. The van der Waals surface area contributed by atoms with E-state index in [1.54, 1.807) is 16.8 Å². The maximum Gasteiger partial charge on any atom is 0.242 e. The molecule has 2 aromatic heterocycles. The van der Waals surface area contributed by atoms with E-state index >= 15 is 0 Å². The zero-order chi connectivity index (χ0) is 21.7. The van der Waals surface area contributed by atoms with E-state index in [2.05, 4.69) is 34.5 Å². The monoisotopic (exact) mass is 430 g/mol. The Kier molecular flexibility index (Phi) is 7.25. The second-order valence-electron chi connectivity index (χ2n) is 7.64. The van der Waals surface area contributed by atoms with Crippen LogP contribution in [0.1, 0.15) is 36.6 Å². The van der Waals surface area contributed by atoms with Crippen LogP contribution in [0.2, 0.25) is 0 Å². The van der Waals surface area contributed by atoms with Crippen molar-refractivity contribution in [3.63, 3.8) is 0 Å². The van der Waals surface area contributed by atoms with Gasteiger partial charge < -0.3 is 9.88 Å². The maximum atomic E-state index is 13.9. The first-order chi connectivity index (χ1) is 14.3. The predicted octanol–water partition coefficient (Wildman–Crippen LogP) is 3.50. The number of amides is 1. The van der Waals surface area contributed by atoms with Gasteiger partial charge in [-0.15, -0.1) is 10.2 Å². The minimum atomic E-state index is -0.225. The molecule has 0 saturated heterocycles. The number of carbonyl (C=O) groups is 1. The summed E-state index contributed by atoms with van der Waals surface area (Å²) in [5.74, 6) is 1.16. The number of aryl methyl sites for hydroxylation is 2. The number of carbonyl (C=O) groups excluding carboxylic acids is 1. The first kappa shape index (κ1) is 22.0. The predicted molar refractivity (Wildman–Crippen MR) is 114 cm³/mol. The molecule has 1 amide bonds. The molecule has 0 aliphatic carbocycles. The number of hydrogen-bond acceptors (Lipinski definition) is 5. The SMILES string of the molecule is Cc1cc(C)n(CC(=O)NCc2nnc(SCc3ccccc3F)n2CC(C)C)n1. The fourth-order valence-electron chi connectivity index (χ4n) is 3.07. The van der Waals surface area contributed by atoms with Gasteiger partial charge in [-0.3, -0.25) is 9.48 Å². The Balaban J connectivity index is 1.66. The van der Waals surface area contributed by atoms with Crippen molar-refractivity contribution in [1.29, 1.82) is 0 Å². The molecule has 30 heavy (non-hydrogen) atoms. The van der Waals surface area contributed by atoms with Gasteiger partial charge in [0.2, 0.25) is 5.91 Å². The van der Waals surface area contributed by atoms with E-state index < -0.39 is 0 Å². The van der Waals surface area contributed by atoms with Crippen LogP contribution in [0.25, 0.3) is 0 Å². The van der Waals surface area contributed by atoms with Crippen LogP contribution in [-0.4, -0.2) is 30.5 Å². The lowest BCUT2D eigenvalue weighted by Crippen LogP contribution is -2.29.